The van der Waals surface area contributed by atoms with Gasteiger partial charge in [-0.15, -0.1) is 0 Å². The molecule has 0 spiro atoms. The number of aliphatic hydroxyl groups excluding tert-OH is 2. The van der Waals surface area contributed by atoms with Gasteiger partial charge in [-0.25, -0.2) is 0 Å². The van der Waals surface area contributed by atoms with E-state index in [4.69, 9.17) is 9.47 Å². The molecule has 76 heavy (non-hydrogen) atoms. The van der Waals surface area contributed by atoms with E-state index in [1.807, 2.05) is 36.4 Å². The van der Waals surface area contributed by atoms with Crippen molar-refractivity contribution >= 4 is 66.7 Å². The first kappa shape index (κ1) is 58.9. The van der Waals surface area contributed by atoms with E-state index in [9.17, 15) is 10.2 Å². The van der Waals surface area contributed by atoms with Crippen molar-refractivity contribution in [3.8, 4) is 11.5 Å². The third kappa shape index (κ3) is 13.7. The lowest BCUT2D eigenvalue weighted by Crippen LogP contribution is -2.47. The number of nitrogens with zero attached hydrogens (tertiary/aromatic N) is 2. The fourth-order valence-corrected chi connectivity index (χ4v) is 12.6. The van der Waals surface area contributed by atoms with E-state index in [0.29, 0.717) is 57.7 Å². The van der Waals surface area contributed by atoms with Gasteiger partial charge in [0, 0.05) is 63.4 Å². The molecule has 2 N–H and O–H groups in total. The molecule has 416 valence electrons. The van der Waals surface area contributed by atoms with Crippen LogP contribution < -0.4 is 9.47 Å². The summed E-state index contributed by atoms with van der Waals surface area (Å²) in [6.07, 6.45) is 31.3. The number of aliphatic hydroxyl groups is 2. The summed E-state index contributed by atoms with van der Waals surface area (Å²) in [7, 11) is 0. The molecule has 0 saturated heterocycles. The molecule has 10 nitrogen and oxygen atoms in total. The molecule has 10 heteroatoms. The van der Waals surface area contributed by atoms with Crippen LogP contribution in [0.1, 0.15) is 275 Å². The Morgan fingerprint density at radius 2 is 0.671 bits per heavy atom. The molecule has 2 aliphatic heterocycles. The van der Waals surface area contributed by atoms with Gasteiger partial charge in [0.25, 0.3) is 23.6 Å². The summed E-state index contributed by atoms with van der Waals surface area (Å²) < 4.78 is 13.9. The number of unbranched alkanes of at least 4 members (excludes halogenated alkanes) is 22. The van der Waals surface area contributed by atoms with Crippen LogP contribution in [0.2, 0.25) is 0 Å². The molecule has 0 radical (unpaired) electrons. The zero-order chi connectivity index (χ0) is 53.8. The minimum Gasteiger partial charge on any atom is -0.493 e. The molecule has 0 saturated carbocycles. The highest BCUT2D eigenvalue weighted by atomic mass is 16.5. The zero-order valence-electron chi connectivity index (χ0n) is 47.3. The van der Waals surface area contributed by atoms with Gasteiger partial charge in [-0.2, -0.15) is 0 Å². The van der Waals surface area contributed by atoms with Crippen molar-refractivity contribution in [3.05, 3.63) is 58.7 Å². The van der Waals surface area contributed by atoms with Gasteiger partial charge in [-0.3, -0.25) is 29.0 Å². The molecule has 2 heterocycles. The van der Waals surface area contributed by atoms with Crippen molar-refractivity contribution in [1.29, 1.82) is 0 Å². The largest absolute Gasteiger partial charge is 0.493 e. The maximum atomic E-state index is 15.5. The third-order valence-corrected chi connectivity index (χ3v) is 16.7. The highest BCUT2D eigenvalue weighted by Gasteiger charge is 2.42. The number of amides is 4. The maximum absolute atomic E-state index is 15.5. The Kier molecular flexibility index (Phi) is 23.5. The summed E-state index contributed by atoms with van der Waals surface area (Å²) in [5.74, 6) is 0.0759. The van der Waals surface area contributed by atoms with Gasteiger partial charge < -0.3 is 19.7 Å². The molecule has 0 bridgehead atoms. The van der Waals surface area contributed by atoms with Crippen LogP contribution in [0.15, 0.2) is 36.4 Å². The fraction of sp³-hybridized carbons (Fsp3) is 0.636. The number of carbonyl (C=O) groups excluding carboxylic acids is 4. The van der Waals surface area contributed by atoms with Crippen molar-refractivity contribution in [2.24, 2.45) is 0 Å². The summed E-state index contributed by atoms with van der Waals surface area (Å²) in [5.41, 5.74) is 1.98. The summed E-state index contributed by atoms with van der Waals surface area (Å²) in [6, 6.07) is 11.2. The van der Waals surface area contributed by atoms with Gasteiger partial charge in [0.2, 0.25) is 0 Å². The van der Waals surface area contributed by atoms with Gasteiger partial charge >= 0.3 is 0 Å². The van der Waals surface area contributed by atoms with E-state index < -0.39 is 0 Å². The Labute approximate surface area is 455 Å². The van der Waals surface area contributed by atoms with Crippen molar-refractivity contribution in [2.75, 3.05) is 26.4 Å². The standard InChI is InChI=1S/C66H94N2O8/c1-5-9-13-25-33-47(34-26-14-10-6-2)67-63(71)51-39-37-49-57-50(38-40-52(58(51)57)64(67)72)61-56(76-44-32-24-20-18-22-30-42-70)46-54-59-53(45-55(60(49)62(59)61)75-43-31-23-19-17-21-29-41-69)65(73)68(66(54)74)48(35-27-15-11-7-3)36-28-16-12-8-4/h37-40,45-48,69-70H,5-36,41-44H2,1-4H3. The molecule has 7 rings (SSSR count). The minimum absolute atomic E-state index is 0.188. The molecule has 0 fully saturated rings. The van der Waals surface area contributed by atoms with E-state index in [1.54, 1.807) is 9.80 Å². The number of rotatable bonds is 40. The number of benzene rings is 5. The lowest BCUT2D eigenvalue weighted by atomic mass is 9.81. The number of fused-ring (bicyclic) bond motifs is 2. The number of carbonyl (C=O) groups is 4. The molecule has 0 unspecified atom stereocenters. The average Bonchev–Trinajstić information content (AvgIpc) is 3.49. The SMILES string of the molecule is CCCCCCC(CCCCCC)N1C(=O)c2ccc3c4c(OCCCCCCCCO)cc5c6c(cc(OCCCCCCCCO)c(c7ccc(c2c37)C1=O)c64)C(=O)N(C(CCCCCC)CCCCCC)C5=O. The van der Waals surface area contributed by atoms with Gasteiger partial charge in [0.1, 0.15) is 11.5 Å². The summed E-state index contributed by atoms with van der Waals surface area (Å²) in [5, 5.41) is 24.7. The predicted molar refractivity (Wildman–Crippen MR) is 312 cm³/mol. The Bertz CT molecular complexity index is 2510. The molecule has 0 atom stereocenters. The van der Waals surface area contributed by atoms with Gasteiger partial charge in [-0.1, -0.05) is 194 Å². The van der Waals surface area contributed by atoms with Crippen molar-refractivity contribution < 1.29 is 38.9 Å². The van der Waals surface area contributed by atoms with Crippen LogP contribution in [0, 0.1) is 0 Å². The second-order valence-corrected chi connectivity index (χ2v) is 22.5. The third-order valence-electron chi connectivity index (χ3n) is 16.7. The van der Waals surface area contributed by atoms with Crippen LogP contribution in [-0.2, 0) is 0 Å². The molecule has 0 aromatic heterocycles. The quantitative estimate of drug-likeness (QED) is 0.0171. The predicted octanol–water partition coefficient (Wildman–Crippen LogP) is 17.0. The van der Waals surface area contributed by atoms with Crippen molar-refractivity contribution in [3.63, 3.8) is 0 Å². The Balaban J connectivity index is 1.42. The topological polar surface area (TPSA) is 134 Å². The molecular formula is C66H94N2O8. The second-order valence-electron chi connectivity index (χ2n) is 22.5. The normalized spacial score (nSPS) is 13.7. The summed E-state index contributed by atoms with van der Waals surface area (Å²) in [4.78, 5) is 64.4. The molecule has 4 amide bonds. The number of imide groups is 2. The van der Waals surface area contributed by atoms with Crippen LogP contribution in [0.3, 0.4) is 0 Å². The fourth-order valence-electron chi connectivity index (χ4n) is 12.6. The van der Waals surface area contributed by atoms with Crippen LogP contribution in [0.25, 0.3) is 43.1 Å². The lowest BCUT2D eigenvalue weighted by Gasteiger charge is -2.36. The van der Waals surface area contributed by atoms with E-state index in [-0.39, 0.29) is 48.9 Å². The van der Waals surface area contributed by atoms with Gasteiger partial charge in [-0.05, 0) is 91.8 Å². The lowest BCUT2D eigenvalue weighted by molar-refractivity contribution is 0.0501. The van der Waals surface area contributed by atoms with Crippen LogP contribution >= 0.6 is 0 Å². The first-order valence-electron chi connectivity index (χ1n) is 30.8. The van der Waals surface area contributed by atoms with Gasteiger partial charge in [0.15, 0.2) is 0 Å². The van der Waals surface area contributed by atoms with E-state index in [1.165, 1.54) is 0 Å². The first-order chi connectivity index (χ1) is 37.3. The zero-order valence-corrected chi connectivity index (χ0v) is 47.3. The summed E-state index contributed by atoms with van der Waals surface area (Å²) >= 11 is 0. The number of hydrogen-bond donors (Lipinski definition) is 2. The Morgan fingerprint density at radius 1 is 0.355 bits per heavy atom. The Hall–Kier alpha value is -4.80. The minimum atomic E-state index is -0.277. The molecule has 5 aromatic rings. The highest BCUT2D eigenvalue weighted by Crippen LogP contribution is 2.52. The number of ether oxygens (including phenoxy) is 2. The van der Waals surface area contributed by atoms with E-state index >= 15 is 19.2 Å². The van der Waals surface area contributed by atoms with Crippen molar-refractivity contribution in [1.82, 2.24) is 9.80 Å². The van der Waals surface area contributed by atoms with Crippen LogP contribution in [-0.4, -0.2) is 82.2 Å². The smallest absolute Gasteiger partial charge is 0.261 e. The second kappa shape index (κ2) is 30.4. The van der Waals surface area contributed by atoms with Gasteiger partial charge in [0.05, 0.1) is 24.3 Å². The first-order valence-corrected chi connectivity index (χ1v) is 30.8. The highest BCUT2D eigenvalue weighted by molar-refractivity contribution is 6.43. The summed E-state index contributed by atoms with van der Waals surface area (Å²) in [6.45, 7) is 10.1. The molecule has 2 aliphatic rings. The Morgan fingerprint density at radius 3 is 1.03 bits per heavy atom. The average molecular weight is 1040 g/mol. The number of hydrogen-bond acceptors (Lipinski definition) is 8. The van der Waals surface area contributed by atoms with Crippen LogP contribution in [0.4, 0.5) is 0 Å². The van der Waals surface area contributed by atoms with Crippen molar-refractivity contribution in [2.45, 2.75) is 245 Å². The maximum Gasteiger partial charge on any atom is 0.261 e. The molecular weight excluding hydrogens is 949 g/mol. The van der Waals surface area contributed by atoms with E-state index in [2.05, 4.69) is 27.7 Å². The molecule has 0 aliphatic carbocycles. The van der Waals surface area contributed by atoms with E-state index in [0.717, 1.165) is 238 Å². The monoisotopic (exact) mass is 1040 g/mol. The van der Waals surface area contributed by atoms with Crippen LogP contribution in [0.5, 0.6) is 11.5 Å². The molecule has 5 aromatic carbocycles.